The molecule has 1 spiro atoms. The zero-order valence-electron chi connectivity index (χ0n) is 41.3. The van der Waals surface area contributed by atoms with Crippen molar-refractivity contribution in [3.8, 4) is 0 Å². The largest absolute Gasteiger partial charge is 0.394 e. The quantitative estimate of drug-likeness (QED) is 0.127. The third-order valence-electron chi connectivity index (χ3n) is 19.6. The van der Waals surface area contributed by atoms with Crippen LogP contribution in [0.2, 0.25) is 0 Å². The van der Waals surface area contributed by atoms with E-state index in [4.69, 9.17) is 42.6 Å². The number of aliphatic hydroxyl groups is 10. The number of fused-ring (bicyclic) bond motifs is 7. The molecule has 10 rings (SSSR count). The van der Waals surface area contributed by atoms with Crippen molar-refractivity contribution in [1.82, 2.24) is 5.32 Å². The maximum absolute atomic E-state index is 11.3. The molecule has 6 saturated heterocycles. The predicted octanol–water partition coefficient (Wildman–Crippen LogP) is -0.722. The van der Waals surface area contributed by atoms with Crippen LogP contribution in [0, 0.1) is 46.3 Å². The van der Waals surface area contributed by atoms with Gasteiger partial charge < -0.3 is 93.7 Å². The van der Waals surface area contributed by atoms with E-state index in [2.05, 4.69) is 39.1 Å². The molecule has 0 aromatic heterocycles. The molecule has 3 saturated carbocycles. The molecule has 30 atom stereocenters. The molecule has 0 amide bonds. The van der Waals surface area contributed by atoms with E-state index in [1.54, 1.807) is 0 Å². The van der Waals surface area contributed by atoms with Crippen molar-refractivity contribution in [2.45, 2.75) is 234 Å². The van der Waals surface area contributed by atoms with E-state index >= 15 is 0 Å². The smallest absolute Gasteiger partial charge is 0.187 e. The third-order valence-corrected chi connectivity index (χ3v) is 19.6. The number of nitrogens with one attached hydrogen (secondary N) is 1. The van der Waals surface area contributed by atoms with Gasteiger partial charge in [-0.25, -0.2) is 0 Å². The lowest BCUT2D eigenvalue weighted by molar-refractivity contribution is -0.407. The molecule has 400 valence electrons. The van der Waals surface area contributed by atoms with E-state index in [0.29, 0.717) is 48.3 Å². The first kappa shape index (κ1) is 52.4. The summed E-state index contributed by atoms with van der Waals surface area (Å²) in [6.07, 6.45) is -18.7. The van der Waals surface area contributed by atoms with Crippen LogP contribution in [0.3, 0.4) is 0 Å². The number of hydrogen-bond donors (Lipinski definition) is 11. The van der Waals surface area contributed by atoms with Crippen LogP contribution in [0.25, 0.3) is 0 Å². The third kappa shape index (κ3) is 8.79. The molecule has 0 bridgehead atoms. The fraction of sp³-hybridized carbons (Fsp3) is 0.960. The number of piperidine rings is 1. The van der Waals surface area contributed by atoms with Gasteiger partial charge in [-0.15, -0.1) is 0 Å². The van der Waals surface area contributed by atoms with Gasteiger partial charge in [0.15, 0.2) is 25.2 Å². The highest BCUT2D eigenvalue weighted by Crippen LogP contribution is 2.70. The van der Waals surface area contributed by atoms with E-state index < -0.39 is 136 Å². The lowest BCUT2D eigenvalue weighted by atomic mass is 9.47. The van der Waals surface area contributed by atoms with Crippen molar-refractivity contribution in [2.24, 2.45) is 46.3 Å². The van der Waals surface area contributed by atoms with Crippen molar-refractivity contribution in [3.63, 3.8) is 0 Å². The molecule has 0 radical (unpaired) electrons. The maximum atomic E-state index is 11.3. The SMILES string of the molecule is C[C@@H]1CC[C@@]2(NC1)O[C@H]1C[C@@H]3[C@@H]4CC=C5C[C@@H](O[C@@H]6O[C@H](CO)[C@@H](O[C@@H]7O[C@@H](C)[C@H](O)[C@@H](O)[C@H]7O)[C@H](O[C@@H]7OC[C@@H](O)[C@H](O)[C@H]7O)[C@H]6O[C@@H]6O[C@@H](C)[C@H](O)[C@@H](O)[C@H]6O)CC[C@]5(C)[C@H]4CC[C@]3(C)[C@H]1[C@@H]2C. The molecule has 20 nitrogen and oxygen atoms in total. The van der Waals surface area contributed by atoms with Crippen LogP contribution in [0.15, 0.2) is 11.6 Å². The summed E-state index contributed by atoms with van der Waals surface area (Å²) in [6.45, 7) is 12.5. The molecule has 6 heterocycles. The molecule has 20 heteroatoms. The van der Waals surface area contributed by atoms with E-state index in [1.807, 2.05) is 0 Å². The highest BCUT2D eigenvalue weighted by Gasteiger charge is 2.68. The van der Waals surface area contributed by atoms with Crippen molar-refractivity contribution < 1.29 is 93.7 Å². The highest BCUT2D eigenvalue weighted by molar-refractivity contribution is 5.27. The summed E-state index contributed by atoms with van der Waals surface area (Å²) in [4.78, 5) is 0. The lowest BCUT2D eigenvalue weighted by Gasteiger charge is -2.59. The van der Waals surface area contributed by atoms with Gasteiger partial charge in [-0.2, -0.15) is 0 Å². The molecule has 0 aromatic carbocycles. The summed E-state index contributed by atoms with van der Waals surface area (Å²) in [5.41, 5.74) is 1.19. The van der Waals surface area contributed by atoms with Gasteiger partial charge in [0.05, 0.1) is 37.6 Å². The summed E-state index contributed by atoms with van der Waals surface area (Å²) >= 11 is 0. The topological polar surface area (TPSA) is 297 Å². The Morgan fingerprint density at radius 2 is 1.30 bits per heavy atom. The second-order valence-electron chi connectivity index (χ2n) is 23.6. The van der Waals surface area contributed by atoms with Crippen molar-refractivity contribution in [3.05, 3.63) is 11.6 Å². The molecule has 10 aliphatic rings. The second kappa shape index (κ2) is 19.8. The monoisotopic (exact) mass is 1000 g/mol. The molecule has 4 aliphatic carbocycles. The van der Waals surface area contributed by atoms with E-state index in [-0.39, 0.29) is 22.7 Å². The Balaban J connectivity index is 0.920. The van der Waals surface area contributed by atoms with Crippen molar-refractivity contribution in [1.29, 1.82) is 0 Å². The van der Waals surface area contributed by atoms with Crippen molar-refractivity contribution in [2.75, 3.05) is 19.8 Å². The summed E-state index contributed by atoms with van der Waals surface area (Å²) in [5, 5.41) is 112. The number of aliphatic hydroxyl groups excluding tert-OH is 10. The molecule has 9 fully saturated rings. The van der Waals surface area contributed by atoms with Crippen LogP contribution in [-0.4, -0.2) is 205 Å². The second-order valence-corrected chi connectivity index (χ2v) is 23.6. The molecular weight excluding hydrogens is 919 g/mol. The summed E-state index contributed by atoms with van der Waals surface area (Å²) in [7, 11) is 0. The molecule has 6 aliphatic heterocycles. The minimum Gasteiger partial charge on any atom is -0.394 e. The first-order valence-electron chi connectivity index (χ1n) is 26.2. The van der Waals surface area contributed by atoms with Crippen LogP contribution in [0.4, 0.5) is 0 Å². The standard InChI is InChI=1S/C50H81NO19/c1-20-9-14-50(51-17-20)21(2)32-30(70-50)16-28-26-8-7-24-15-25(10-12-48(24,5)27(26)11-13-49(28,32)6)65-47-43(69-46-40(61)37(58)34(55)23(4)64-46)42(68-44-38(59)35(56)29(53)19-62-44)41(31(18-52)66-47)67-45-39(60)36(57)33(54)22(3)63-45/h7,20-23,25-47,51-61H,8-19H2,1-6H3/t20-,21+,22+,23+,25+,26-,27+,28-,29-,30+,31-,32+,33+,34+,35+,36-,37-,38-,39-,40-,41-,42+,43-,44+,45+,46+,47-,48+,49+,50-/m1/s1. The Morgan fingerprint density at radius 1 is 0.657 bits per heavy atom. The first-order chi connectivity index (χ1) is 33.2. The Kier molecular flexibility index (Phi) is 14.8. The molecule has 11 N–H and O–H groups in total. The minimum atomic E-state index is -1.83. The molecule has 0 aromatic rings. The van der Waals surface area contributed by atoms with Crippen LogP contribution < -0.4 is 5.32 Å². The van der Waals surface area contributed by atoms with Gasteiger partial charge in [-0.05, 0) is 112 Å². The lowest BCUT2D eigenvalue weighted by Crippen LogP contribution is -2.68. The number of ether oxygens (including phenoxy) is 9. The Bertz CT molecular complexity index is 1860. The van der Waals surface area contributed by atoms with Gasteiger partial charge in [-0.1, -0.05) is 39.3 Å². The summed E-state index contributed by atoms with van der Waals surface area (Å²) in [6, 6.07) is 0. The fourth-order valence-electron chi connectivity index (χ4n) is 15.3. The first-order valence-corrected chi connectivity index (χ1v) is 26.2. The number of hydrogen-bond acceptors (Lipinski definition) is 20. The molecular formula is C50H81NO19. The highest BCUT2D eigenvalue weighted by atomic mass is 16.8. The summed E-state index contributed by atoms with van der Waals surface area (Å²) < 4.78 is 57.2. The van der Waals surface area contributed by atoms with E-state index in [0.717, 1.165) is 45.1 Å². The van der Waals surface area contributed by atoms with Gasteiger partial charge >= 0.3 is 0 Å². The fourth-order valence-corrected chi connectivity index (χ4v) is 15.3. The van der Waals surface area contributed by atoms with Crippen molar-refractivity contribution >= 4 is 0 Å². The van der Waals surface area contributed by atoms with Crippen LogP contribution in [-0.2, 0) is 42.6 Å². The number of rotatable bonds is 9. The minimum absolute atomic E-state index is 0.0821. The Labute approximate surface area is 409 Å². The average molecular weight is 1000 g/mol. The van der Waals surface area contributed by atoms with Crippen LogP contribution in [0.1, 0.15) is 99.3 Å². The molecule has 70 heavy (non-hydrogen) atoms. The van der Waals surface area contributed by atoms with Gasteiger partial charge in [0.1, 0.15) is 85.1 Å². The normalized spacial score (nSPS) is 58.0. The van der Waals surface area contributed by atoms with Gasteiger partial charge in [-0.3, -0.25) is 5.32 Å². The number of allylic oxidation sites excluding steroid dienone is 1. The van der Waals surface area contributed by atoms with Crippen LogP contribution in [0.5, 0.6) is 0 Å². The maximum Gasteiger partial charge on any atom is 0.187 e. The zero-order valence-corrected chi connectivity index (χ0v) is 41.3. The van der Waals surface area contributed by atoms with Crippen LogP contribution >= 0.6 is 0 Å². The molecule has 0 unspecified atom stereocenters. The van der Waals surface area contributed by atoms with Gasteiger partial charge in [0.2, 0.25) is 0 Å². The van der Waals surface area contributed by atoms with Gasteiger partial charge in [0.25, 0.3) is 0 Å². The predicted molar refractivity (Wildman–Crippen MR) is 241 cm³/mol. The summed E-state index contributed by atoms with van der Waals surface area (Å²) in [5.74, 6) is 3.16. The van der Waals surface area contributed by atoms with Gasteiger partial charge in [0, 0.05) is 12.5 Å². The zero-order chi connectivity index (χ0) is 49.9. The average Bonchev–Trinajstić information content (AvgIpc) is 3.79. The van der Waals surface area contributed by atoms with E-state index in [1.165, 1.54) is 25.8 Å². The Hall–Kier alpha value is -1.06. The van der Waals surface area contributed by atoms with E-state index in [9.17, 15) is 51.1 Å². The Morgan fingerprint density at radius 3 is 1.94 bits per heavy atom.